The molecule has 0 radical (unpaired) electrons. The molecule has 84 valence electrons. The van der Waals surface area contributed by atoms with Crippen LogP contribution in [0.25, 0.3) is 0 Å². The lowest BCUT2D eigenvalue weighted by atomic mass is 10.0. The summed E-state index contributed by atoms with van der Waals surface area (Å²) in [6, 6.07) is 11.4. The molecule has 1 aliphatic heterocycles. The molecule has 2 aliphatic rings. The van der Waals surface area contributed by atoms with Crippen molar-refractivity contribution in [2.75, 3.05) is 6.61 Å². The summed E-state index contributed by atoms with van der Waals surface area (Å²) in [5.41, 5.74) is 1.34. The summed E-state index contributed by atoms with van der Waals surface area (Å²) >= 11 is 0. The van der Waals surface area contributed by atoms with Crippen LogP contribution in [-0.4, -0.2) is 28.7 Å². The third-order valence-corrected chi connectivity index (χ3v) is 3.84. The van der Waals surface area contributed by atoms with Crippen LogP contribution in [0.3, 0.4) is 0 Å². The Kier molecular flexibility index (Phi) is 2.54. The molecule has 1 aromatic carbocycles. The van der Waals surface area contributed by atoms with Gasteiger partial charge in [-0.1, -0.05) is 42.5 Å². The average Bonchev–Trinajstić information content (AvgIpc) is 2.91. The molecule has 1 saturated heterocycles. The van der Waals surface area contributed by atoms with Crippen molar-refractivity contribution in [1.29, 1.82) is 0 Å². The van der Waals surface area contributed by atoms with Gasteiger partial charge in [0.05, 0.1) is 6.61 Å². The van der Waals surface area contributed by atoms with E-state index < -0.39 is 0 Å². The molecular formula is C14H17NO. The van der Waals surface area contributed by atoms with E-state index in [2.05, 4.69) is 41.3 Å². The number of hydrogen-bond donors (Lipinski definition) is 1. The molecular weight excluding hydrogens is 198 g/mol. The minimum Gasteiger partial charge on any atom is -0.395 e. The second-order valence-corrected chi connectivity index (χ2v) is 4.76. The number of fused-ring (bicyclic) bond motifs is 2. The highest BCUT2D eigenvalue weighted by atomic mass is 16.3. The highest BCUT2D eigenvalue weighted by Gasteiger charge is 2.41. The molecule has 3 rings (SSSR count). The molecule has 0 aromatic heterocycles. The van der Waals surface area contributed by atoms with Gasteiger partial charge in [0.1, 0.15) is 0 Å². The van der Waals surface area contributed by atoms with E-state index in [0.717, 1.165) is 6.54 Å². The second-order valence-electron chi connectivity index (χ2n) is 4.76. The molecule has 1 aliphatic carbocycles. The normalized spacial score (nSPS) is 32.4. The molecule has 2 bridgehead atoms. The molecule has 0 amide bonds. The lowest BCUT2D eigenvalue weighted by molar-refractivity contribution is 0.118. The molecule has 1 aromatic rings. The van der Waals surface area contributed by atoms with E-state index in [1.165, 1.54) is 12.0 Å². The highest BCUT2D eigenvalue weighted by Crippen LogP contribution is 2.37. The first-order valence-electron chi connectivity index (χ1n) is 5.97. The minimum atomic E-state index is 0.276. The fourth-order valence-corrected chi connectivity index (χ4v) is 3.00. The topological polar surface area (TPSA) is 23.5 Å². The molecule has 3 atom stereocenters. The maximum Gasteiger partial charge on any atom is 0.0592 e. The molecule has 0 saturated carbocycles. The van der Waals surface area contributed by atoms with Crippen LogP contribution < -0.4 is 0 Å². The summed E-state index contributed by atoms with van der Waals surface area (Å²) in [6.07, 6.45) is 5.75. The standard InChI is InChI=1S/C14H17NO/c16-10-14-12-6-7-13(8-12)15(14)9-11-4-2-1-3-5-11/h1-7,12-14,16H,8-10H2. The van der Waals surface area contributed by atoms with Crippen LogP contribution in [0.5, 0.6) is 0 Å². The van der Waals surface area contributed by atoms with E-state index in [9.17, 15) is 5.11 Å². The van der Waals surface area contributed by atoms with E-state index in [-0.39, 0.29) is 6.61 Å². The number of likely N-dealkylation sites (tertiary alicyclic amines) is 1. The molecule has 1 N–H and O–H groups in total. The smallest absolute Gasteiger partial charge is 0.0592 e. The highest BCUT2D eigenvalue weighted by molar-refractivity contribution is 5.20. The van der Waals surface area contributed by atoms with Gasteiger partial charge < -0.3 is 5.11 Å². The first kappa shape index (κ1) is 10.1. The summed E-state index contributed by atoms with van der Waals surface area (Å²) < 4.78 is 0. The Balaban J connectivity index is 1.78. The van der Waals surface area contributed by atoms with Crippen molar-refractivity contribution < 1.29 is 5.11 Å². The van der Waals surface area contributed by atoms with Gasteiger partial charge in [-0.2, -0.15) is 0 Å². The van der Waals surface area contributed by atoms with E-state index >= 15 is 0 Å². The summed E-state index contributed by atoms with van der Waals surface area (Å²) in [4.78, 5) is 2.43. The van der Waals surface area contributed by atoms with Crippen molar-refractivity contribution in [3.05, 3.63) is 48.0 Å². The lowest BCUT2D eigenvalue weighted by Crippen LogP contribution is -2.40. The van der Waals surface area contributed by atoms with Crippen LogP contribution in [0.2, 0.25) is 0 Å². The van der Waals surface area contributed by atoms with Gasteiger partial charge in [-0.3, -0.25) is 4.90 Å². The van der Waals surface area contributed by atoms with Crippen LogP contribution in [0.4, 0.5) is 0 Å². The van der Waals surface area contributed by atoms with Gasteiger partial charge in [0.15, 0.2) is 0 Å². The van der Waals surface area contributed by atoms with Gasteiger partial charge in [0.25, 0.3) is 0 Å². The number of aliphatic hydroxyl groups is 1. The van der Waals surface area contributed by atoms with E-state index in [4.69, 9.17) is 0 Å². The van der Waals surface area contributed by atoms with Gasteiger partial charge in [-0.25, -0.2) is 0 Å². The Morgan fingerprint density at radius 2 is 2.00 bits per heavy atom. The van der Waals surface area contributed by atoms with Crippen LogP contribution in [-0.2, 0) is 6.54 Å². The molecule has 2 nitrogen and oxygen atoms in total. The monoisotopic (exact) mass is 215 g/mol. The number of nitrogens with zero attached hydrogens (tertiary/aromatic N) is 1. The maximum absolute atomic E-state index is 9.46. The fraction of sp³-hybridized carbons (Fsp3) is 0.429. The minimum absolute atomic E-state index is 0.276. The van der Waals surface area contributed by atoms with Gasteiger partial charge >= 0.3 is 0 Å². The molecule has 2 heteroatoms. The van der Waals surface area contributed by atoms with Crippen LogP contribution in [0, 0.1) is 5.92 Å². The zero-order valence-corrected chi connectivity index (χ0v) is 9.29. The van der Waals surface area contributed by atoms with Crippen molar-refractivity contribution in [2.45, 2.75) is 25.0 Å². The van der Waals surface area contributed by atoms with Gasteiger partial charge in [0.2, 0.25) is 0 Å². The number of aliphatic hydroxyl groups excluding tert-OH is 1. The van der Waals surface area contributed by atoms with Crippen molar-refractivity contribution >= 4 is 0 Å². The zero-order valence-electron chi connectivity index (χ0n) is 9.29. The van der Waals surface area contributed by atoms with E-state index in [1.807, 2.05) is 6.07 Å². The third kappa shape index (κ3) is 1.58. The zero-order chi connectivity index (χ0) is 11.0. The molecule has 1 heterocycles. The summed E-state index contributed by atoms with van der Waals surface area (Å²) in [6.45, 7) is 1.23. The third-order valence-electron chi connectivity index (χ3n) is 3.84. The average molecular weight is 215 g/mol. The van der Waals surface area contributed by atoms with Gasteiger partial charge in [0, 0.05) is 18.6 Å². The van der Waals surface area contributed by atoms with Crippen LogP contribution >= 0.6 is 0 Å². The maximum atomic E-state index is 9.46. The predicted octanol–water partition coefficient (Wildman–Crippen LogP) is 1.81. The number of benzene rings is 1. The Labute approximate surface area is 96.2 Å². The van der Waals surface area contributed by atoms with Crippen LogP contribution in [0.15, 0.2) is 42.5 Å². The Bertz CT molecular complexity index is 387. The Hall–Kier alpha value is -1.12. The first-order chi connectivity index (χ1) is 7.88. The van der Waals surface area contributed by atoms with Crippen molar-refractivity contribution in [2.24, 2.45) is 5.92 Å². The largest absolute Gasteiger partial charge is 0.395 e. The summed E-state index contributed by atoms with van der Waals surface area (Å²) in [7, 11) is 0. The van der Waals surface area contributed by atoms with Crippen molar-refractivity contribution in [1.82, 2.24) is 4.90 Å². The lowest BCUT2D eigenvalue weighted by Gasteiger charge is -2.31. The number of rotatable bonds is 3. The van der Waals surface area contributed by atoms with E-state index in [1.54, 1.807) is 0 Å². The van der Waals surface area contributed by atoms with Gasteiger partial charge in [-0.15, -0.1) is 0 Å². The Morgan fingerprint density at radius 3 is 2.75 bits per heavy atom. The van der Waals surface area contributed by atoms with Gasteiger partial charge in [-0.05, 0) is 17.9 Å². The van der Waals surface area contributed by atoms with Crippen molar-refractivity contribution in [3.8, 4) is 0 Å². The van der Waals surface area contributed by atoms with Crippen LogP contribution in [0.1, 0.15) is 12.0 Å². The van der Waals surface area contributed by atoms with Crippen molar-refractivity contribution in [3.63, 3.8) is 0 Å². The molecule has 0 spiro atoms. The first-order valence-corrected chi connectivity index (χ1v) is 5.97. The SMILES string of the molecule is OCC1C2C=CC(C2)N1Cc1ccccc1. The summed E-state index contributed by atoms with van der Waals surface area (Å²) in [5.74, 6) is 0.568. The second kappa shape index (κ2) is 4.04. The Morgan fingerprint density at radius 1 is 1.19 bits per heavy atom. The molecule has 3 unspecified atom stereocenters. The quantitative estimate of drug-likeness (QED) is 0.777. The number of hydrogen-bond acceptors (Lipinski definition) is 2. The van der Waals surface area contributed by atoms with E-state index in [0.29, 0.717) is 18.0 Å². The molecule has 1 fully saturated rings. The predicted molar refractivity (Wildman–Crippen MR) is 63.9 cm³/mol. The summed E-state index contributed by atoms with van der Waals surface area (Å²) in [5, 5.41) is 9.46. The fourth-order valence-electron chi connectivity index (χ4n) is 3.00. The molecule has 16 heavy (non-hydrogen) atoms.